The molecular weight excluding hydrogens is 334 g/mol. The van der Waals surface area contributed by atoms with Crippen molar-refractivity contribution in [3.63, 3.8) is 0 Å². The van der Waals surface area contributed by atoms with E-state index in [1.165, 1.54) is 5.56 Å². The minimum absolute atomic E-state index is 0.0123. The fourth-order valence-electron chi connectivity index (χ4n) is 1.91. The summed E-state index contributed by atoms with van der Waals surface area (Å²) in [4.78, 5) is 13.6. The van der Waals surface area contributed by atoms with Crippen LogP contribution in [0.15, 0.2) is 22.7 Å². The number of ether oxygens (including phenoxy) is 1. The molecule has 0 spiro atoms. The number of halogens is 1. The number of nitrogens with zero attached hydrogens (tertiary/aromatic N) is 1. The minimum atomic E-state index is 0.0123. The number of likely N-dealkylation sites (N-methyl/N-ethyl adjacent to an activating group) is 2. The summed E-state index contributed by atoms with van der Waals surface area (Å²) in [6.45, 7) is 5.49. The van der Waals surface area contributed by atoms with Crippen LogP contribution in [0.1, 0.15) is 12.5 Å². The van der Waals surface area contributed by atoms with Crippen LogP contribution >= 0.6 is 15.9 Å². The van der Waals surface area contributed by atoms with Crippen LogP contribution in [0.5, 0.6) is 0 Å². The molecule has 0 aromatic heterocycles. The molecule has 1 aromatic carbocycles. The van der Waals surface area contributed by atoms with Crippen LogP contribution in [0.4, 0.5) is 5.69 Å². The molecule has 0 aliphatic carbocycles. The van der Waals surface area contributed by atoms with Crippen LogP contribution < -0.4 is 15.5 Å². The van der Waals surface area contributed by atoms with Gasteiger partial charge in [0.25, 0.3) is 0 Å². The molecule has 0 bridgehead atoms. The lowest BCUT2D eigenvalue weighted by atomic mass is 10.2. The first-order valence-electron chi connectivity index (χ1n) is 7.06. The maximum absolute atomic E-state index is 11.5. The molecule has 0 saturated heterocycles. The van der Waals surface area contributed by atoms with Crippen molar-refractivity contribution < 1.29 is 9.53 Å². The Balaban J connectivity index is 2.68. The zero-order valence-electron chi connectivity index (χ0n) is 12.9. The minimum Gasteiger partial charge on any atom is -0.383 e. The molecule has 1 rings (SSSR count). The summed E-state index contributed by atoms with van der Waals surface area (Å²) in [7, 11) is 3.35. The third kappa shape index (κ3) is 6.03. The lowest BCUT2D eigenvalue weighted by molar-refractivity contribution is -0.119. The van der Waals surface area contributed by atoms with Crippen LogP contribution in [-0.2, 0) is 16.1 Å². The molecule has 2 N–H and O–H groups in total. The molecule has 0 aliphatic heterocycles. The van der Waals surface area contributed by atoms with E-state index in [0.717, 1.165) is 29.8 Å². The maximum Gasteiger partial charge on any atom is 0.239 e. The predicted octanol–water partition coefficient (Wildman–Crippen LogP) is 1.76. The first-order valence-corrected chi connectivity index (χ1v) is 7.85. The second kappa shape index (κ2) is 9.76. The van der Waals surface area contributed by atoms with E-state index < -0.39 is 0 Å². The Morgan fingerprint density at radius 1 is 1.43 bits per heavy atom. The molecule has 21 heavy (non-hydrogen) atoms. The van der Waals surface area contributed by atoms with Crippen molar-refractivity contribution in [1.82, 2.24) is 10.6 Å². The molecule has 0 fully saturated rings. The normalized spacial score (nSPS) is 10.5. The number of methoxy groups -OCH3 is 1. The number of hydrogen-bond donors (Lipinski definition) is 2. The van der Waals surface area contributed by atoms with Crippen molar-refractivity contribution in [1.29, 1.82) is 0 Å². The standard InChI is InChI=1S/C15H24BrN3O2/c1-4-19(11-15(20)17-2)13-6-5-12(14(16)9-13)10-18-7-8-21-3/h5-6,9,18H,4,7-8,10-11H2,1-3H3,(H,17,20). The molecule has 0 radical (unpaired) electrons. The topological polar surface area (TPSA) is 53.6 Å². The summed E-state index contributed by atoms with van der Waals surface area (Å²) in [5.74, 6) is 0.0123. The van der Waals surface area contributed by atoms with Crippen LogP contribution in [0.25, 0.3) is 0 Å². The average Bonchev–Trinajstić information content (AvgIpc) is 2.50. The summed E-state index contributed by atoms with van der Waals surface area (Å²) >= 11 is 3.60. The fourth-order valence-corrected chi connectivity index (χ4v) is 2.42. The molecule has 1 amide bonds. The number of hydrogen-bond acceptors (Lipinski definition) is 4. The SMILES string of the molecule is CCN(CC(=O)NC)c1ccc(CNCCOC)c(Br)c1. The molecule has 0 saturated carbocycles. The Morgan fingerprint density at radius 3 is 2.76 bits per heavy atom. The summed E-state index contributed by atoms with van der Waals surface area (Å²) < 4.78 is 6.05. The number of rotatable bonds is 9. The van der Waals surface area contributed by atoms with Gasteiger partial charge in [0.15, 0.2) is 0 Å². The Hall–Kier alpha value is -1.11. The lowest BCUT2D eigenvalue weighted by Gasteiger charge is -2.23. The van der Waals surface area contributed by atoms with Gasteiger partial charge in [-0.1, -0.05) is 22.0 Å². The Labute approximate surface area is 135 Å². The Kier molecular flexibility index (Phi) is 8.34. The molecule has 0 unspecified atom stereocenters. The van der Waals surface area contributed by atoms with E-state index in [4.69, 9.17) is 4.74 Å². The molecule has 0 aliphatic rings. The van der Waals surface area contributed by atoms with Gasteiger partial charge in [0.1, 0.15) is 0 Å². The lowest BCUT2D eigenvalue weighted by Crippen LogP contribution is -2.35. The molecule has 6 heteroatoms. The third-order valence-electron chi connectivity index (χ3n) is 3.20. The van der Waals surface area contributed by atoms with Gasteiger partial charge in [-0.2, -0.15) is 0 Å². The second-order valence-electron chi connectivity index (χ2n) is 4.63. The molecule has 118 valence electrons. The van der Waals surface area contributed by atoms with Gasteiger partial charge in [0.05, 0.1) is 13.2 Å². The fraction of sp³-hybridized carbons (Fsp3) is 0.533. The highest BCUT2D eigenvalue weighted by Gasteiger charge is 2.10. The van der Waals surface area contributed by atoms with Crippen LogP contribution in [0, 0.1) is 0 Å². The van der Waals surface area contributed by atoms with Crippen molar-refractivity contribution in [3.8, 4) is 0 Å². The number of carbonyl (C=O) groups excluding carboxylic acids is 1. The monoisotopic (exact) mass is 357 g/mol. The van der Waals surface area contributed by atoms with Gasteiger partial charge in [-0.25, -0.2) is 0 Å². The van der Waals surface area contributed by atoms with E-state index in [2.05, 4.69) is 38.7 Å². The highest BCUT2D eigenvalue weighted by atomic mass is 79.9. The molecular formula is C15H24BrN3O2. The van der Waals surface area contributed by atoms with Crippen LogP contribution in [0.3, 0.4) is 0 Å². The smallest absolute Gasteiger partial charge is 0.239 e. The largest absolute Gasteiger partial charge is 0.383 e. The zero-order chi connectivity index (χ0) is 15.7. The number of amides is 1. The molecule has 0 heterocycles. The van der Waals surface area contributed by atoms with Gasteiger partial charge in [0, 0.05) is 44.0 Å². The van der Waals surface area contributed by atoms with E-state index in [9.17, 15) is 4.79 Å². The Bertz CT molecular complexity index is 455. The van der Waals surface area contributed by atoms with Crippen molar-refractivity contribution >= 4 is 27.5 Å². The van der Waals surface area contributed by atoms with Crippen LogP contribution in [-0.4, -0.2) is 46.3 Å². The third-order valence-corrected chi connectivity index (χ3v) is 3.93. The quantitative estimate of drug-likeness (QED) is 0.661. The zero-order valence-corrected chi connectivity index (χ0v) is 14.5. The van der Waals surface area contributed by atoms with E-state index in [-0.39, 0.29) is 5.91 Å². The highest BCUT2D eigenvalue weighted by molar-refractivity contribution is 9.10. The first-order chi connectivity index (χ1) is 10.1. The summed E-state index contributed by atoms with van der Waals surface area (Å²) in [5, 5.41) is 5.97. The van der Waals surface area contributed by atoms with Gasteiger partial charge >= 0.3 is 0 Å². The Morgan fingerprint density at radius 2 is 2.19 bits per heavy atom. The summed E-state index contributed by atoms with van der Waals surface area (Å²) in [6, 6.07) is 6.18. The second-order valence-corrected chi connectivity index (χ2v) is 5.49. The highest BCUT2D eigenvalue weighted by Crippen LogP contribution is 2.24. The van der Waals surface area contributed by atoms with Crippen molar-refractivity contribution in [2.75, 3.05) is 45.3 Å². The van der Waals surface area contributed by atoms with E-state index in [0.29, 0.717) is 13.2 Å². The number of anilines is 1. The average molecular weight is 358 g/mol. The van der Waals surface area contributed by atoms with Gasteiger partial charge < -0.3 is 20.3 Å². The first kappa shape index (κ1) is 17.9. The van der Waals surface area contributed by atoms with Gasteiger partial charge in [-0.05, 0) is 24.6 Å². The van der Waals surface area contributed by atoms with E-state index in [1.807, 2.05) is 17.9 Å². The van der Waals surface area contributed by atoms with E-state index in [1.54, 1.807) is 14.2 Å². The summed E-state index contributed by atoms with van der Waals surface area (Å²) in [5.41, 5.74) is 2.22. The van der Waals surface area contributed by atoms with Gasteiger partial charge in [-0.3, -0.25) is 4.79 Å². The maximum atomic E-state index is 11.5. The number of nitrogens with one attached hydrogen (secondary N) is 2. The summed E-state index contributed by atoms with van der Waals surface area (Å²) in [6.07, 6.45) is 0. The van der Waals surface area contributed by atoms with Crippen molar-refractivity contribution in [2.45, 2.75) is 13.5 Å². The van der Waals surface area contributed by atoms with Gasteiger partial charge in [-0.15, -0.1) is 0 Å². The number of benzene rings is 1. The molecule has 1 aromatic rings. The van der Waals surface area contributed by atoms with Crippen molar-refractivity contribution in [3.05, 3.63) is 28.2 Å². The molecule has 0 atom stereocenters. The molecule has 5 nitrogen and oxygen atoms in total. The van der Waals surface area contributed by atoms with Crippen LogP contribution in [0.2, 0.25) is 0 Å². The van der Waals surface area contributed by atoms with Crippen molar-refractivity contribution in [2.24, 2.45) is 0 Å². The van der Waals surface area contributed by atoms with E-state index >= 15 is 0 Å². The predicted molar refractivity (Wildman–Crippen MR) is 89.7 cm³/mol. The number of carbonyl (C=O) groups is 1. The van der Waals surface area contributed by atoms with Gasteiger partial charge in [0.2, 0.25) is 5.91 Å².